The quantitative estimate of drug-likeness (QED) is 0.682. The Morgan fingerprint density at radius 2 is 1.81 bits per heavy atom. The molecule has 3 heterocycles. The number of likely N-dealkylation sites (tertiary alicyclic amines) is 1. The number of aryl methyl sites for hydroxylation is 1. The molecule has 3 atom stereocenters. The van der Waals surface area contributed by atoms with Gasteiger partial charge in [-0.05, 0) is 75.7 Å². The number of hydrogen-bond donors (Lipinski definition) is 0. The Hall–Kier alpha value is -1.93. The van der Waals surface area contributed by atoms with Crippen molar-refractivity contribution in [2.45, 2.75) is 49.1 Å². The summed E-state index contributed by atoms with van der Waals surface area (Å²) in [5.74, 6) is 0.164. The highest BCUT2D eigenvalue weighted by Gasteiger charge is 2.48. The van der Waals surface area contributed by atoms with Crippen LogP contribution in [0.15, 0.2) is 47.4 Å². The third-order valence-electron chi connectivity index (χ3n) is 7.10. The molecule has 0 saturated carbocycles. The molecule has 170 valence electrons. The number of nitrogens with zero attached hydrogens (tertiary/aromatic N) is 3. The molecule has 2 aromatic rings. The second kappa shape index (κ2) is 8.13. The van der Waals surface area contributed by atoms with Crippen LogP contribution >= 0.6 is 11.6 Å². The number of anilines is 1. The van der Waals surface area contributed by atoms with E-state index in [0.717, 1.165) is 25.2 Å². The molecule has 0 aliphatic carbocycles. The first-order valence-electron chi connectivity index (χ1n) is 11.2. The molecular weight excluding hydrogens is 446 g/mol. The maximum absolute atomic E-state index is 14.0. The van der Waals surface area contributed by atoms with Crippen LogP contribution in [0.3, 0.4) is 0 Å². The van der Waals surface area contributed by atoms with Crippen LogP contribution in [-0.2, 0) is 14.8 Å². The van der Waals surface area contributed by atoms with Crippen LogP contribution in [0.2, 0.25) is 5.02 Å². The predicted molar refractivity (Wildman–Crippen MR) is 126 cm³/mol. The molecule has 3 aliphatic rings. The van der Waals surface area contributed by atoms with Gasteiger partial charge in [0.05, 0.1) is 4.90 Å². The monoisotopic (exact) mass is 473 g/mol. The summed E-state index contributed by atoms with van der Waals surface area (Å²) in [6.45, 7) is 4.26. The Labute approximate surface area is 194 Å². The average Bonchev–Trinajstić information content (AvgIpc) is 3.37. The van der Waals surface area contributed by atoms with Gasteiger partial charge in [0, 0.05) is 35.8 Å². The molecule has 2 fully saturated rings. The molecule has 3 aliphatic heterocycles. The molecule has 8 heteroatoms. The maximum atomic E-state index is 14.0. The highest BCUT2D eigenvalue weighted by Crippen LogP contribution is 2.46. The number of hydrogen-bond acceptors (Lipinski definition) is 4. The third-order valence-corrected chi connectivity index (χ3v) is 9.27. The van der Waals surface area contributed by atoms with Gasteiger partial charge in [0.2, 0.25) is 15.9 Å². The molecule has 0 aromatic heterocycles. The fourth-order valence-corrected chi connectivity index (χ4v) is 7.32. The van der Waals surface area contributed by atoms with Crippen molar-refractivity contribution in [3.8, 4) is 0 Å². The lowest BCUT2D eigenvalue weighted by Crippen LogP contribution is -2.53. The van der Waals surface area contributed by atoms with E-state index in [4.69, 9.17) is 11.6 Å². The summed E-state index contributed by atoms with van der Waals surface area (Å²) in [5, 5.41) is 0.482. The van der Waals surface area contributed by atoms with E-state index in [0.29, 0.717) is 24.4 Å². The van der Waals surface area contributed by atoms with Crippen molar-refractivity contribution in [3.05, 3.63) is 58.6 Å². The summed E-state index contributed by atoms with van der Waals surface area (Å²) in [4.78, 5) is 18.4. The SMILES string of the molecule is Cc1ccc2c(c1)[C@H]1CN(C)CC[C@H]1N2C(=O)[C@@H]1CCCN1S(=O)(=O)c1ccc(Cl)cc1. The van der Waals surface area contributed by atoms with Crippen molar-refractivity contribution in [3.63, 3.8) is 0 Å². The number of rotatable bonds is 3. The topological polar surface area (TPSA) is 60.9 Å². The van der Waals surface area contributed by atoms with Gasteiger partial charge in [-0.25, -0.2) is 8.42 Å². The Bertz CT molecular complexity index is 1150. The Balaban J connectivity index is 1.50. The lowest BCUT2D eigenvalue weighted by Gasteiger charge is -2.38. The standard InChI is InChI=1S/C24H28ClN3O3S/c1-16-5-10-21-19(14-16)20-15-26(2)13-11-22(20)28(21)24(29)23-4-3-12-27(23)32(30,31)18-8-6-17(25)7-9-18/h5-10,14,20,22-23H,3-4,11-13,15H2,1-2H3/t20-,22-,23+/m1/s1. The van der Waals surface area contributed by atoms with Crippen molar-refractivity contribution >= 4 is 33.2 Å². The Morgan fingerprint density at radius 3 is 2.56 bits per heavy atom. The predicted octanol–water partition coefficient (Wildman–Crippen LogP) is 3.64. The molecule has 0 unspecified atom stereocenters. The van der Waals surface area contributed by atoms with Crippen molar-refractivity contribution in [1.82, 2.24) is 9.21 Å². The first-order valence-corrected chi connectivity index (χ1v) is 13.0. The molecule has 0 spiro atoms. The summed E-state index contributed by atoms with van der Waals surface area (Å²) in [6.07, 6.45) is 2.10. The van der Waals surface area contributed by atoms with Crippen molar-refractivity contribution in [1.29, 1.82) is 0 Å². The van der Waals surface area contributed by atoms with Crippen molar-refractivity contribution < 1.29 is 13.2 Å². The van der Waals surface area contributed by atoms with E-state index >= 15 is 0 Å². The van der Waals surface area contributed by atoms with Gasteiger partial charge in [0.25, 0.3) is 0 Å². The molecule has 6 nitrogen and oxygen atoms in total. The fraction of sp³-hybridized carbons (Fsp3) is 0.458. The van der Waals surface area contributed by atoms with E-state index in [-0.39, 0.29) is 22.8 Å². The summed E-state index contributed by atoms with van der Waals surface area (Å²) in [6, 6.07) is 11.8. The van der Waals surface area contributed by atoms with Crippen LogP contribution in [0.1, 0.15) is 36.3 Å². The summed E-state index contributed by atoms with van der Waals surface area (Å²) >= 11 is 5.95. The fourth-order valence-electron chi connectivity index (χ4n) is 5.55. The number of piperidine rings is 1. The van der Waals surface area contributed by atoms with Crippen molar-refractivity contribution in [2.24, 2.45) is 0 Å². The molecule has 0 N–H and O–H groups in total. The Morgan fingerprint density at radius 1 is 1.06 bits per heavy atom. The van der Waals surface area contributed by atoms with Crippen LogP contribution in [-0.4, -0.2) is 62.3 Å². The summed E-state index contributed by atoms with van der Waals surface area (Å²) < 4.78 is 28.2. The normalized spacial score (nSPS) is 26.2. The Kier molecular flexibility index (Phi) is 5.56. The minimum Gasteiger partial charge on any atom is -0.307 e. The van der Waals surface area contributed by atoms with Gasteiger partial charge in [-0.2, -0.15) is 4.31 Å². The van der Waals surface area contributed by atoms with Gasteiger partial charge in [0.1, 0.15) is 6.04 Å². The second-order valence-corrected chi connectivity index (χ2v) is 11.5. The van der Waals surface area contributed by atoms with Crippen molar-refractivity contribution in [2.75, 3.05) is 31.6 Å². The number of fused-ring (bicyclic) bond motifs is 3. The minimum atomic E-state index is -3.78. The van der Waals surface area contributed by atoms with Gasteiger partial charge in [0.15, 0.2) is 0 Å². The van der Waals surface area contributed by atoms with Gasteiger partial charge in [-0.3, -0.25) is 4.79 Å². The van der Waals surface area contributed by atoms with E-state index in [2.05, 4.69) is 24.9 Å². The molecule has 0 radical (unpaired) electrons. The van der Waals surface area contributed by atoms with E-state index in [9.17, 15) is 13.2 Å². The zero-order valence-electron chi connectivity index (χ0n) is 18.4. The number of likely N-dealkylation sites (N-methyl/N-ethyl adjacent to an activating group) is 1. The number of carbonyl (C=O) groups excluding carboxylic acids is 1. The van der Waals surface area contributed by atoms with E-state index in [1.165, 1.54) is 27.6 Å². The first kappa shape index (κ1) is 21.9. The molecule has 2 saturated heterocycles. The zero-order chi connectivity index (χ0) is 22.6. The van der Waals surface area contributed by atoms with E-state index < -0.39 is 16.1 Å². The number of sulfonamides is 1. The largest absolute Gasteiger partial charge is 0.307 e. The number of carbonyl (C=O) groups is 1. The third kappa shape index (κ3) is 3.55. The zero-order valence-corrected chi connectivity index (χ0v) is 19.9. The second-order valence-electron chi connectivity index (χ2n) is 9.22. The van der Waals surface area contributed by atoms with Crippen LogP contribution < -0.4 is 4.90 Å². The molecule has 1 amide bonds. The lowest BCUT2D eigenvalue weighted by atomic mass is 9.88. The minimum absolute atomic E-state index is 0.0798. The van der Waals surface area contributed by atoms with Gasteiger partial charge >= 0.3 is 0 Å². The molecular formula is C24H28ClN3O3S. The summed E-state index contributed by atoms with van der Waals surface area (Å²) in [5.41, 5.74) is 3.33. The van der Waals surface area contributed by atoms with Crippen LogP contribution in [0.25, 0.3) is 0 Å². The number of benzene rings is 2. The summed E-state index contributed by atoms with van der Waals surface area (Å²) in [7, 11) is -1.66. The van der Waals surface area contributed by atoms with Gasteiger partial charge in [-0.15, -0.1) is 0 Å². The van der Waals surface area contributed by atoms with Crippen LogP contribution in [0.4, 0.5) is 5.69 Å². The van der Waals surface area contributed by atoms with Crippen LogP contribution in [0, 0.1) is 6.92 Å². The molecule has 5 rings (SSSR count). The highest BCUT2D eigenvalue weighted by atomic mass is 35.5. The van der Waals surface area contributed by atoms with E-state index in [1.54, 1.807) is 12.1 Å². The molecule has 2 aromatic carbocycles. The smallest absolute Gasteiger partial charge is 0.245 e. The number of amides is 1. The molecule has 0 bridgehead atoms. The molecule has 32 heavy (non-hydrogen) atoms. The van der Waals surface area contributed by atoms with Gasteiger partial charge in [-0.1, -0.05) is 29.3 Å². The van der Waals surface area contributed by atoms with E-state index in [1.807, 2.05) is 17.0 Å². The first-order chi connectivity index (χ1) is 15.3. The highest BCUT2D eigenvalue weighted by molar-refractivity contribution is 7.89. The lowest BCUT2D eigenvalue weighted by molar-refractivity contribution is -0.122. The van der Waals surface area contributed by atoms with Crippen LogP contribution in [0.5, 0.6) is 0 Å². The van der Waals surface area contributed by atoms with Gasteiger partial charge < -0.3 is 9.80 Å². The average molecular weight is 474 g/mol. The number of halogens is 1. The maximum Gasteiger partial charge on any atom is 0.245 e.